The molecule has 0 unspecified atom stereocenters. The van der Waals surface area contributed by atoms with E-state index in [1.165, 1.54) is 4.90 Å². The van der Waals surface area contributed by atoms with Crippen molar-refractivity contribution < 1.29 is 4.79 Å². The van der Waals surface area contributed by atoms with Crippen LogP contribution in [0.15, 0.2) is 56.7 Å². The standard InChI is InChI=1S/C15H15BrN2OS/c1-18(2)15(19)10-6-7-14(13(17)8-10)20-12-5-3-4-11(16)9-12/h3-9H,17H2,1-2H3. The SMILES string of the molecule is CN(C)C(=O)c1ccc(Sc2cccc(Br)c2)c(N)c1. The van der Waals surface area contributed by atoms with Gasteiger partial charge in [-0.2, -0.15) is 0 Å². The molecule has 0 bridgehead atoms. The topological polar surface area (TPSA) is 46.3 Å². The maximum atomic E-state index is 11.9. The van der Waals surface area contributed by atoms with E-state index in [0.29, 0.717) is 11.3 Å². The first-order valence-electron chi connectivity index (χ1n) is 6.02. The Balaban J connectivity index is 2.24. The molecule has 0 aliphatic carbocycles. The van der Waals surface area contributed by atoms with Crippen LogP contribution in [0.25, 0.3) is 0 Å². The van der Waals surface area contributed by atoms with E-state index in [-0.39, 0.29) is 5.91 Å². The first kappa shape index (κ1) is 14.9. The summed E-state index contributed by atoms with van der Waals surface area (Å²) in [5, 5.41) is 0. The Kier molecular flexibility index (Phi) is 4.73. The number of carbonyl (C=O) groups excluding carboxylic acids is 1. The number of halogens is 1. The zero-order valence-electron chi connectivity index (χ0n) is 11.3. The molecule has 0 spiro atoms. The number of nitrogens with zero attached hydrogens (tertiary/aromatic N) is 1. The summed E-state index contributed by atoms with van der Waals surface area (Å²) in [4.78, 5) is 15.4. The molecule has 104 valence electrons. The lowest BCUT2D eigenvalue weighted by Crippen LogP contribution is -2.21. The van der Waals surface area contributed by atoms with Gasteiger partial charge < -0.3 is 10.6 Å². The van der Waals surface area contributed by atoms with Crippen molar-refractivity contribution in [1.29, 1.82) is 0 Å². The van der Waals surface area contributed by atoms with Crippen molar-refractivity contribution in [1.82, 2.24) is 4.90 Å². The quantitative estimate of drug-likeness (QED) is 0.854. The van der Waals surface area contributed by atoms with Gasteiger partial charge in [0.25, 0.3) is 5.91 Å². The van der Waals surface area contributed by atoms with Gasteiger partial charge in [0.1, 0.15) is 0 Å². The van der Waals surface area contributed by atoms with Crippen LogP contribution in [0.2, 0.25) is 0 Å². The van der Waals surface area contributed by atoms with E-state index in [2.05, 4.69) is 15.9 Å². The van der Waals surface area contributed by atoms with Crippen LogP contribution in [-0.4, -0.2) is 24.9 Å². The number of benzene rings is 2. The molecular formula is C15H15BrN2OS. The number of anilines is 1. The molecular weight excluding hydrogens is 336 g/mol. The molecule has 0 saturated heterocycles. The van der Waals surface area contributed by atoms with E-state index in [9.17, 15) is 4.79 Å². The summed E-state index contributed by atoms with van der Waals surface area (Å²) in [7, 11) is 3.45. The number of nitrogens with two attached hydrogens (primary N) is 1. The van der Waals surface area contributed by atoms with E-state index in [0.717, 1.165) is 14.3 Å². The molecule has 2 aromatic rings. The predicted octanol–water partition coefficient (Wildman–Crippen LogP) is 3.88. The molecule has 5 heteroatoms. The summed E-state index contributed by atoms with van der Waals surface area (Å²) in [6.07, 6.45) is 0. The summed E-state index contributed by atoms with van der Waals surface area (Å²) in [5.41, 5.74) is 7.26. The van der Waals surface area contributed by atoms with E-state index < -0.39 is 0 Å². The molecule has 2 N–H and O–H groups in total. The van der Waals surface area contributed by atoms with Crippen molar-refractivity contribution in [2.75, 3.05) is 19.8 Å². The lowest BCUT2D eigenvalue weighted by atomic mass is 10.2. The van der Waals surface area contributed by atoms with Crippen molar-refractivity contribution in [3.8, 4) is 0 Å². The maximum Gasteiger partial charge on any atom is 0.253 e. The Morgan fingerprint density at radius 1 is 1.20 bits per heavy atom. The van der Waals surface area contributed by atoms with Gasteiger partial charge in [-0.05, 0) is 36.4 Å². The number of rotatable bonds is 3. The number of amides is 1. The first-order chi connectivity index (χ1) is 9.47. The zero-order chi connectivity index (χ0) is 14.7. The average Bonchev–Trinajstić information content (AvgIpc) is 2.40. The molecule has 0 fully saturated rings. The normalized spacial score (nSPS) is 10.3. The molecule has 3 nitrogen and oxygen atoms in total. The number of hydrogen-bond donors (Lipinski definition) is 1. The highest BCUT2D eigenvalue weighted by molar-refractivity contribution is 9.10. The fraction of sp³-hybridized carbons (Fsp3) is 0.133. The Bertz CT molecular complexity index is 644. The van der Waals surface area contributed by atoms with Crippen LogP contribution >= 0.6 is 27.7 Å². The van der Waals surface area contributed by atoms with Gasteiger partial charge in [-0.25, -0.2) is 0 Å². The number of carbonyl (C=O) groups is 1. The van der Waals surface area contributed by atoms with Gasteiger partial charge in [0.05, 0.1) is 0 Å². The minimum atomic E-state index is -0.0456. The van der Waals surface area contributed by atoms with Gasteiger partial charge in [-0.1, -0.05) is 33.8 Å². The van der Waals surface area contributed by atoms with E-state index in [1.54, 1.807) is 38.0 Å². The second kappa shape index (κ2) is 6.33. The molecule has 0 aromatic heterocycles. The van der Waals surface area contributed by atoms with Crippen molar-refractivity contribution in [2.24, 2.45) is 0 Å². The third-order valence-corrected chi connectivity index (χ3v) is 4.26. The Morgan fingerprint density at radius 3 is 2.55 bits per heavy atom. The van der Waals surface area contributed by atoms with E-state index in [1.807, 2.05) is 30.3 Å². The Morgan fingerprint density at radius 2 is 1.95 bits per heavy atom. The van der Waals surface area contributed by atoms with Gasteiger partial charge in [0.15, 0.2) is 0 Å². The van der Waals surface area contributed by atoms with Crippen LogP contribution < -0.4 is 5.73 Å². The van der Waals surface area contributed by atoms with Gasteiger partial charge >= 0.3 is 0 Å². The Labute approximate surface area is 131 Å². The van der Waals surface area contributed by atoms with Gasteiger partial charge in [-0.3, -0.25) is 4.79 Å². The summed E-state index contributed by atoms with van der Waals surface area (Å²) in [6, 6.07) is 13.4. The molecule has 2 rings (SSSR count). The average molecular weight is 351 g/mol. The van der Waals surface area contributed by atoms with Crippen LogP contribution in [0.5, 0.6) is 0 Å². The molecule has 0 saturated carbocycles. The highest BCUT2D eigenvalue weighted by Crippen LogP contribution is 2.33. The summed E-state index contributed by atoms with van der Waals surface area (Å²) in [6.45, 7) is 0. The van der Waals surface area contributed by atoms with Crippen molar-refractivity contribution in [3.63, 3.8) is 0 Å². The van der Waals surface area contributed by atoms with Gasteiger partial charge in [-0.15, -0.1) is 0 Å². The van der Waals surface area contributed by atoms with Crippen molar-refractivity contribution in [2.45, 2.75) is 9.79 Å². The predicted molar refractivity (Wildman–Crippen MR) is 87.1 cm³/mol. The lowest BCUT2D eigenvalue weighted by molar-refractivity contribution is 0.0827. The van der Waals surface area contributed by atoms with Crippen molar-refractivity contribution >= 4 is 39.3 Å². The third-order valence-electron chi connectivity index (χ3n) is 2.69. The largest absolute Gasteiger partial charge is 0.398 e. The highest BCUT2D eigenvalue weighted by atomic mass is 79.9. The van der Waals surface area contributed by atoms with Crippen LogP contribution in [-0.2, 0) is 0 Å². The van der Waals surface area contributed by atoms with Gasteiger partial charge in [0.2, 0.25) is 0 Å². The molecule has 0 aliphatic heterocycles. The minimum Gasteiger partial charge on any atom is -0.398 e. The maximum absolute atomic E-state index is 11.9. The van der Waals surface area contributed by atoms with Crippen LogP contribution in [0.4, 0.5) is 5.69 Å². The fourth-order valence-corrected chi connectivity index (χ4v) is 3.14. The lowest BCUT2D eigenvalue weighted by Gasteiger charge is -2.12. The van der Waals surface area contributed by atoms with E-state index in [4.69, 9.17) is 5.73 Å². The second-order valence-corrected chi connectivity index (χ2v) is 6.54. The Hall–Kier alpha value is -1.46. The zero-order valence-corrected chi connectivity index (χ0v) is 13.7. The molecule has 0 aliphatic rings. The highest BCUT2D eigenvalue weighted by Gasteiger charge is 2.10. The third kappa shape index (κ3) is 3.55. The number of hydrogen-bond acceptors (Lipinski definition) is 3. The fourth-order valence-electron chi connectivity index (χ4n) is 1.69. The van der Waals surface area contributed by atoms with Gasteiger partial charge in [0, 0.05) is 39.6 Å². The second-order valence-electron chi connectivity index (χ2n) is 4.51. The molecule has 0 heterocycles. The molecule has 20 heavy (non-hydrogen) atoms. The molecule has 1 amide bonds. The summed E-state index contributed by atoms with van der Waals surface area (Å²) in [5.74, 6) is -0.0456. The van der Waals surface area contributed by atoms with Crippen LogP contribution in [0, 0.1) is 0 Å². The van der Waals surface area contributed by atoms with Crippen LogP contribution in [0.1, 0.15) is 10.4 Å². The molecule has 0 atom stereocenters. The van der Waals surface area contributed by atoms with E-state index >= 15 is 0 Å². The van der Waals surface area contributed by atoms with Crippen molar-refractivity contribution in [3.05, 3.63) is 52.5 Å². The molecule has 2 aromatic carbocycles. The monoisotopic (exact) mass is 350 g/mol. The number of nitrogen functional groups attached to an aromatic ring is 1. The summed E-state index contributed by atoms with van der Waals surface area (Å²) >= 11 is 5.02. The smallest absolute Gasteiger partial charge is 0.253 e. The first-order valence-corrected chi connectivity index (χ1v) is 7.63. The molecule has 0 radical (unpaired) electrons. The summed E-state index contributed by atoms with van der Waals surface area (Å²) < 4.78 is 1.03. The minimum absolute atomic E-state index is 0.0456. The van der Waals surface area contributed by atoms with Crippen LogP contribution in [0.3, 0.4) is 0 Å².